The average molecular weight is 830 g/mol. The van der Waals surface area contributed by atoms with E-state index in [1.54, 1.807) is 34.0 Å². The third-order valence-electron chi connectivity index (χ3n) is 8.75. The van der Waals surface area contributed by atoms with E-state index in [0.717, 1.165) is 14.0 Å². The van der Waals surface area contributed by atoms with Gasteiger partial charge in [-0.25, -0.2) is 0 Å². The number of methoxy groups -OCH3 is 1. The van der Waals surface area contributed by atoms with Crippen molar-refractivity contribution >= 4 is 76.8 Å². The van der Waals surface area contributed by atoms with Crippen LogP contribution < -0.4 is 31.9 Å². The summed E-state index contributed by atoms with van der Waals surface area (Å²) in [5.41, 5.74) is 0. The Labute approximate surface area is 334 Å². The van der Waals surface area contributed by atoms with E-state index in [1.165, 1.54) is 16.7 Å². The monoisotopic (exact) mass is 829 g/mol. The quantitative estimate of drug-likeness (QED) is 0.0374. The van der Waals surface area contributed by atoms with Crippen LogP contribution in [0.3, 0.4) is 0 Å². The number of ether oxygens (including phenoxy) is 1. The molecule has 0 unspecified atom stereocenters. The minimum absolute atomic E-state index is 0.00528. The second kappa shape index (κ2) is 24.4. The summed E-state index contributed by atoms with van der Waals surface area (Å²) in [7, 11) is 1.10. The molecule has 0 saturated carbocycles. The largest absolute Gasteiger partial charge is 0.481 e. The topological polar surface area (TPSA) is 313 Å². The number of aliphatic carboxylic acids is 2. The van der Waals surface area contributed by atoms with E-state index in [0.29, 0.717) is 6.42 Å². The summed E-state index contributed by atoms with van der Waals surface area (Å²) >= 11 is 1.17. The second-order valence-electron chi connectivity index (χ2n) is 14.0. The van der Waals surface area contributed by atoms with Gasteiger partial charge >= 0.3 is 17.9 Å². The van der Waals surface area contributed by atoms with E-state index in [-0.39, 0.29) is 25.1 Å². The van der Waals surface area contributed by atoms with Crippen LogP contribution in [0.2, 0.25) is 0 Å². The fourth-order valence-electron chi connectivity index (χ4n) is 5.71. The Bertz CT molecular complexity index is 1520. The van der Waals surface area contributed by atoms with Gasteiger partial charge in [-0.2, -0.15) is 11.8 Å². The number of carboxylic acid groups (broad SMARTS) is 2. The van der Waals surface area contributed by atoms with E-state index in [9.17, 15) is 57.8 Å². The highest BCUT2D eigenvalue weighted by Gasteiger charge is 2.41. The molecule has 6 atom stereocenters. The molecule has 1 rings (SSSR count). The molecule has 1 saturated heterocycles. The van der Waals surface area contributed by atoms with Crippen LogP contribution in [0.25, 0.3) is 0 Å². The Balaban J connectivity index is 3.22. The van der Waals surface area contributed by atoms with Crippen LogP contribution in [0.4, 0.5) is 0 Å². The zero-order chi connectivity index (χ0) is 43.6. The van der Waals surface area contributed by atoms with Crippen molar-refractivity contribution in [3.05, 3.63) is 0 Å². The lowest BCUT2D eigenvalue weighted by Gasteiger charge is -2.33. The highest BCUT2D eigenvalue weighted by Crippen LogP contribution is 2.21. The van der Waals surface area contributed by atoms with Crippen molar-refractivity contribution < 1.29 is 67.7 Å². The maximum Gasteiger partial charge on any atom is 0.325 e. The van der Waals surface area contributed by atoms with E-state index in [2.05, 4.69) is 36.6 Å². The van der Waals surface area contributed by atoms with Crippen molar-refractivity contribution in [2.45, 2.75) is 109 Å². The predicted octanol–water partition coefficient (Wildman–Crippen LogP) is -2.32. The number of nitrogens with one attached hydrogen (secondary N) is 6. The summed E-state index contributed by atoms with van der Waals surface area (Å²) in [6.45, 7) is 7.12. The lowest BCUT2D eigenvalue weighted by Crippen LogP contribution is -2.61. The number of hydrogen-bond donors (Lipinski definition) is 8. The van der Waals surface area contributed by atoms with Gasteiger partial charge in [0.25, 0.3) is 5.91 Å². The number of Topliss-reactive ketones (excluding diaryl/α,β-unsaturated/α-hetero) is 1. The summed E-state index contributed by atoms with van der Waals surface area (Å²) in [5.74, 6) is -11.4. The molecule has 1 heterocycles. The van der Waals surface area contributed by atoms with Crippen molar-refractivity contribution in [1.29, 1.82) is 0 Å². The molecule has 1 aliphatic rings. The van der Waals surface area contributed by atoms with Crippen LogP contribution in [0, 0.1) is 11.8 Å². The third-order valence-corrected chi connectivity index (χ3v) is 9.41. The van der Waals surface area contributed by atoms with Gasteiger partial charge in [0.2, 0.25) is 41.2 Å². The Morgan fingerprint density at radius 2 is 1.26 bits per heavy atom. The summed E-state index contributed by atoms with van der Waals surface area (Å²) in [5, 5.41) is 32.8. The molecule has 1 fully saturated rings. The number of thioether (sulfide) groups is 1. The molecule has 8 N–H and O–H groups in total. The van der Waals surface area contributed by atoms with Crippen LogP contribution in [-0.4, -0.2) is 149 Å². The first-order valence-corrected chi connectivity index (χ1v) is 19.6. The van der Waals surface area contributed by atoms with Crippen molar-refractivity contribution in [3.8, 4) is 0 Å². The minimum Gasteiger partial charge on any atom is -0.481 e. The first-order valence-electron chi connectivity index (χ1n) is 18.2. The second-order valence-corrected chi connectivity index (χ2v) is 14.9. The number of carbonyl (C=O) groups excluding carboxylic acids is 9. The lowest BCUT2D eigenvalue weighted by atomic mass is 9.98. The first kappa shape index (κ1) is 49.7. The Hall–Kier alpha value is -5.28. The highest BCUT2D eigenvalue weighted by molar-refractivity contribution is 7.98. The standard InChI is InChI=1S/C35H55N7O14S/c1-17(2)27(40-31(51)21(11-13-25(46)47)38-30(50)20(37-19(5)43)10-12-24(44)45)33(53)41-28(18(3)4)35(55)42-14-8-9-23(42)32(52)39-22(16-57-7)29(49)34(54)36-15-26(48)56-6/h17-18,20-23,27-28H,8-16H2,1-7H3,(H,36,54)(H,37,43)(H,38,50)(H,39,52)(H,40,51)(H,41,53)(H,44,45)(H,46,47)/t20-,21-,22-,23-,27-,28-/m0/s1. The molecule has 0 aliphatic carbocycles. The van der Waals surface area contributed by atoms with Gasteiger partial charge in [0.05, 0.1) is 7.11 Å². The number of nitrogens with zero attached hydrogens (tertiary/aromatic N) is 1. The predicted molar refractivity (Wildman–Crippen MR) is 202 cm³/mol. The van der Waals surface area contributed by atoms with Gasteiger partial charge in [0.1, 0.15) is 42.8 Å². The zero-order valence-electron chi connectivity index (χ0n) is 33.1. The van der Waals surface area contributed by atoms with Crippen LogP contribution in [0.15, 0.2) is 0 Å². The normalized spacial score (nSPS) is 16.2. The van der Waals surface area contributed by atoms with Crippen molar-refractivity contribution in [2.24, 2.45) is 11.8 Å². The molecule has 57 heavy (non-hydrogen) atoms. The molecule has 1 aliphatic heterocycles. The van der Waals surface area contributed by atoms with Crippen LogP contribution in [0.5, 0.6) is 0 Å². The van der Waals surface area contributed by atoms with Gasteiger partial charge in [-0.15, -0.1) is 0 Å². The molecule has 21 nitrogen and oxygen atoms in total. The molecule has 7 amide bonds. The van der Waals surface area contributed by atoms with Crippen molar-refractivity contribution in [1.82, 2.24) is 36.8 Å². The first-order chi connectivity index (χ1) is 26.6. The molecule has 0 bridgehead atoms. The number of esters is 1. The molecule has 0 aromatic heterocycles. The average Bonchev–Trinajstić information content (AvgIpc) is 3.63. The van der Waals surface area contributed by atoms with Crippen LogP contribution >= 0.6 is 11.8 Å². The number of amides is 7. The molecule has 320 valence electrons. The van der Waals surface area contributed by atoms with E-state index in [1.807, 2.05) is 0 Å². The van der Waals surface area contributed by atoms with Gasteiger partial charge in [-0.1, -0.05) is 27.7 Å². The minimum atomic E-state index is -1.53. The molecule has 0 spiro atoms. The SMILES string of the molecule is COC(=O)CNC(=O)C(=O)[C@H](CSC)NC(=O)[C@@H]1CCCN1C(=O)[C@@H](NC(=O)[C@@H](NC(=O)[C@H](CCC(=O)O)NC(=O)[C@H](CCC(=O)O)NC(C)=O)C(C)C)C(C)C. The fourth-order valence-corrected chi connectivity index (χ4v) is 6.27. The zero-order valence-corrected chi connectivity index (χ0v) is 33.9. The fraction of sp³-hybridized carbons (Fsp3) is 0.686. The Kier molecular flexibility index (Phi) is 21.3. The van der Waals surface area contributed by atoms with E-state index < -0.39 is 139 Å². The molecule has 0 aromatic rings. The van der Waals surface area contributed by atoms with Gasteiger partial charge in [0, 0.05) is 32.1 Å². The number of hydrogen-bond acceptors (Lipinski definition) is 13. The molecule has 0 radical (unpaired) electrons. The maximum atomic E-state index is 14.0. The molecule has 0 aromatic carbocycles. The summed E-state index contributed by atoms with van der Waals surface area (Å²) < 4.78 is 4.45. The van der Waals surface area contributed by atoms with Gasteiger partial charge in [-0.05, 0) is 43.8 Å². The van der Waals surface area contributed by atoms with Crippen LogP contribution in [-0.2, 0) is 57.5 Å². The summed E-state index contributed by atoms with van der Waals surface area (Å²) in [6, 6.07) is -7.80. The molecular weight excluding hydrogens is 774 g/mol. The van der Waals surface area contributed by atoms with Crippen LogP contribution in [0.1, 0.15) is 73.1 Å². The smallest absolute Gasteiger partial charge is 0.325 e. The lowest BCUT2D eigenvalue weighted by molar-refractivity contribution is -0.145. The third kappa shape index (κ3) is 16.8. The highest BCUT2D eigenvalue weighted by atomic mass is 32.2. The van der Waals surface area contributed by atoms with Crippen molar-refractivity contribution in [2.75, 3.05) is 32.2 Å². The molecular formula is C35H55N7O14S. The number of likely N-dealkylation sites (tertiary alicyclic amines) is 1. The number of carboxylic acids is 2. The summed E-state index contributed by atoms with van der Waals surface area (Å²) in [6.07, 6.45) is 0.400. The Morgan fingerprint density at radius 1 is 0.737 bits per heavy atom. The van der Waals surface area contributed by atoms with E-state index in [4.69, 9.17) is 5.11 Å². The number of ketones is 1. The number of carbonyl (C=O) groups is 11. The summed E-state index contributed by atoms with van der Waals surface area (Å²) in [4.78, 5) is 140. The van der Waals surface area contributed by atoms with Gasteiger partial charge in [-0.3, -0.25) is 52.7 Å². The van der Waals surface area contributed by atoms with Crippen molar-refractivity contribution in [3.63, 3.8) is 0 Å². The van der Waals surface area contributed by atoms with Gasteiger partial charge < -0.3 is 51.8 Å². The maximum absolute atomic E-state index is 14.0. The van der Waals surface area contributed by atoms with Gasteiger partial charge in [0.15, 0.2) is 0 Å². The Morgan fingerprint density at radius 3 is 1.75 bits per heavy atom. The molecule has 22 heteroatoms. The number of rotatable bonds is 24. The van der Waals surface area contributed by atoms with E-state index >= 15 is 0 Å².